The Morgan fingerprint density at radius 2 is 1.70 bits per heavy atom. The average molecular weight is 309 g/mol. The lowest BCUT2D eigenvalue weighted by Gasteiger charge is -2.10. The summed E-state index contributed by atoms with van der Waals surface area (Å²) in [6.45, 7) is 3.90. The van der Waals surface area contributed by atoms with E-state index in [1.165, 1.54) is 0 Å². The molecule has 0 fully saturated rings. The quantitative estimate of drug-likeness (QED) is 0.742. The van der Waals surface area contributed by atoms with Gasteiger partial charge in [-0.2, -0.15) is 0 Å². The fourth-order valence-electron chi connectivity index (χ4n) is 1.79. The molecular weight excluding hydrogens is 295 g/mol. The van der Waals surface area contributed by atoms with Crippen LogP contribution >= 0.6 is 23.2 Å². The summed E-state index contributed by atoms with van der Waals surface area (Å²) in [5, 5.41) is 0.859. The first-order chi connectivity index (χ1) is 9.47. The minimum atomic E-state index is -0.136. The van der Waals surface area contributed by atoms with Crippen molar-refractivity contribution >= 4 is 29.0 Å². The first kappa shape index (κ1) is 14.9. The second-order valence-corrected chi connectivity index (χ2v) is 5.49. The van der Waals surface area contributed by atoms with E-state index in [1.807, 2.05) is 13.8 Å². The maximum atomic E-state index is 12.3. The van der Waals surface area contributed by atoms with Crippen molar-refractivity contribution in [3.8, 4) is 5.75 Å². The van der Waals surface area contributed by atoms with Crippen LogP contribution in [0.15, 0.2) is 42.5 Å². The number of halogens is 2. The van der Waals surface area contributed by atoms with Gasteiger partial charge in [0.1, 0.15) is 5.75 Å². The van der Waals surface area contributed by atoms with E-state index in [0.717, 1.165) is 5.75 Å². The molecular formula is C16H14Cl2O2. The third-order valence-electron chi connectivity index (χ3n) is 2.66. The molecule has 4 heteroatoms. The normalized spacial score (nSPS) is 10.7. The molecule has 0 saturated carbocycles. The number of carbonyl (C=O) groups is 1. The van der Waals surface area contributed by atoms with Crippen LogP contribution in [0.3, 0.4) is 0 Å². The van der Waals surface area contributed by atoms with Gasteiger partial charge in [0.05, 0.1) is 11.1 Å². The lowest BCUT2D eigenvalue weighted by atomic mass is 10.0. The molecule has 0 atom stereocenters. The molecule has 2 nitrogen and oxygen atoms in total. The van der Waals surface area contributed by atoms with Gasteiger partial charge in [-0.05, 0) is 56.3 Å². The van der Waals surface area contributed by atoms with Crippen LogP contribution in [0.25, 0.3) is 0 Å². The van der Waals surface area contributed by atoms with E-state index in [2.05, 4.69) is 0 Å². The van der Waals surface area contributed by atoms with Gasteiger partial charge in [0.25, 0.3) is 0 Å². The Kier molecular flexibility index (Phi) is 4.69. The Morgan fingerprint density at radius 3 is 2.25 bits per heavy atom. The molecule has 2 aromatic rings. The van der Waals surface area contributed by atoms with Gasteiger partial charge in [-0.1, -0.05) is 23.2 Å². The van der Waals surface area contributed by atoms with Gasteiger partial charge in [-0.15, -0.1) is 0 Å². The van der Waals surface area contributed by atoms with Gasteiger partial charge in [0, 0.05) is 16.1 Å². The molecule has 0 aliphatic carbocycles. The van der Waals surface area contributed by atoms with Crippen molar-refractivity contribution in [1.82, 2.24) is 0 Å². The van der Waals surface area contributed by atoms with Crippen LogP contribution in [0.1, 0.15) is 29.8 Å². The SMILES string of the molecule is CC(C)Oc1ccc(C(=O)c2ccc(Cl)cc2Cl)cc1. The number of hydrogen-bond donors (Lipinski definition) is 0. The molecule has 0 unspecified atom stereocenters. The molecule has 0 aliphatic heterocycles. The summed E-state index contributed by atoms with van der Waals surface area (Å²) >= 11 is 11.9. The molecule has 0 radical (unpaired) electrons. The molecule has 0 bridgehead atoms. The third kappa shape index (κ3) is 3.53. The Balaban J connectivity index is 2.25. The maximum Gasteiger partial charge on any atom is 0.194 e. The monoisotopic (exact) mass is 308 g/mol. The van der Waals surface area contributed by atoms with Crippen LogP contribution < -0.4 is 4.74 Å². The minimum absolute atomic E-state index is 0.0993. The summed E-state index contributed by atoms with van der Waals surface area (Å²) in [6, 6.07) is 11.8. The van der Waals surface area contributed by atoms with Crippen molar-refractivity contribution in [2.45, 2.75) is 20.0 Å². The molecule has 0 aromatic heterocycles. The van der Waals surface area contributed by atoms with E-state index in [4.69, 9.17) is 27.9 Å². The summed E-state index contributed by atoms with van der Waals surface area (Å²) in [6.07, 6.45) is 0.0993. The molecule has 2 aromatic carbocycles. The van der Waals surface area contributed by atoms with Crippen molar-refractivity contribution < 1.29 is 9.53 Å². The first-order valence-electron chi connectivity index (χ1n) is 6.24. The number of carbonyl (C=O) groups excluding carboxylic acids is 1. The molecule has 0 amide bonds. The molecule has 20 heavy (non-hydrogen) atoms. The number of ether oxygens (including phenoxy) is 1. The number of rotatable bonds is 4. The van der Waals surface area contributed by atoms with Gasteiger partial charge < -0.3 is 4.74 Å². The highest BCUT2D eigenvalue weighted by atomic mass is 35.5. The van der Waals surface area contributed by atoms with Gasteiger partial charge in [0.15, 0.2) is 5.78 Å². The van der Waals surface area contributed by atoms with Gasteiger partial charge in [-0.3, -0.25) is 4.79 Å². The Labute approximate surface area is 128 Å². The van der Waals surface area contributed by atoms with Crippen LogP contribution in [0.2, 0.25) is 10.0 Å². The maximum absolute atomic E-state index is 12.3. The number of ketones is 1. The molecule has 0 heterocycles. The van der Waals surface area contributed by atoms with E-state index in [-0.39, 0.29) is 11.9 Å². The lowest BCUT2D eigenvalue weighted by molar-refractivity contribution is 0.103. The molecule has 0 saturated heterocycles. The lowest BCUT2D eigenvalue weighted by Crippen LogP contribution is -2.06. The van der Waals surface area contributed by atoms with E-state index < -0.39 is 0 Å². The van der Waals surface area contributed by atoms with E-state index in [0.29, 0.717) is 21.2 Å². The largest absolute Gasteiger partial charge is 0.491 e. The van der Waals surface area contributed by atoms with E-state index >= 15 is 0 Å². The molecule has 0 spiro atoms. The summed E-state index contributed by atoms with van der Waals surface area (Å²) in [5.41, 5.74) is 0.999. The third-order valence-corrected chi connectivity index (χ3v) is 3.21. The minimum Gasteiger partial charge on any atom is -0.491 e. The first-order valence-corrected chi connectivity index (χ1v) is 6.99. The van der Waals surface area contributed by atoms with Gasteiger partial charge in [0.2, 0.25) is 0 Å². The zero-order valence-electron chi connectivity index (χ0n) is 11.2. The van der Waals surface area contributed by atoms with Crippen molar-refractivity contribution in [3.63, 3.8) is 0 Å². The molecule has 104 valence electrons. The van der Waals surface area contributed by atoms with Crippen LogP contribution in [0, 0.1) is 0 Å². The van der Waals surface area contributed by atoms with Gasteiger partial charge >= 0.3 is 0 Å². The second kappa shape index (κ2) is 6.29. The topological polar surface area (TPSA) is 26.3 Å². The van der Waals surface area contributed by atoms with Crippen LogP contribution in [0.4, 0.5) is 0 Å². The van der Waals surface area contributed by atoms with E-state index in [9.17, 15) is 4.79 Å². The number of hydrogen-bond acceptors (Lipinski definition) is 2. The standard InChI is InChI=1S/C16H14Cl2O2/c1-10(2)20-13-6-3-11(4-7-13)16(19)14-8-5-12(17)9-15(14)18/h3-10H,1-2H3. The smallest absolute Gasteiger partial charge is 0.194 e. The predicted molar refractivity (Wildman–Crippen MR) is 82.1 cm³/mol. The highest BCUT2D eigenvalue weighted by Crippen LogP contribution is 2.24. The van der Waals surface area contributed by atoms with Crippen molar-refractivity contribution in [2.24, 2.45) is 0 Å². The fourth-order valence-corrected chi connectivity index (χ4v) is 2.28. The fraction of sp³-hybridized carbons (Fsp3) is 0.188. The molecule has 0 N–H and O–H groups in total. The summed E-state index contributed by atoms with van der Waals surface area (Å²) in [5.74, 6) is 0.599. The summed E-state index contributed by atoms with van der Waals surface area (Å²) in [4.78, 5) is 12.3. The summed E-state index contributed by atoms with van der Waals surface area (Å²) in [7, 11) is 0. The van der Waals surface area contributed by atoms with Crippen LogP contribution in [-0.4, -0.2) is 11.9 Å². The molecule has 0 aliphatic rings. The van der Waals surface area contributed by atoms with Crippen LogP contribution in [0.5, 0.6) is 5.75 Å². The molecule has 2 rings (SSSR count). The summed E-state index contributed by atoms with van der Waals surface area (Å²) < 4.78 is 5.54. The average Bonchev–Trinajstić information content (AvgIpc) is 2.38. The second-order valence-electron chi connectivity index (χ2n) is 4.64. The van der Waals surface area contributed by atoms with Crippen LogP contribution in [-0.2, 0) is 0 Å². The van der Waals surface area contributed by atoms with E-state index in [1.54, 1.807) is 42.5 Å². The van der Waals surface area contributed by atoms with Gasteiger partial charge in [-0.25, -0.2) is 0 Å². The van der Waals surface area contributed by atoms with Crippen molar-refractivity contribution in [3.05, 3.63) is 63.6 Å². The number of benzene rings is 2. The Hall–Kier alpha value is -1.51. The highest BCUT2D eigenvalue weighted by molar-refractivity contribution is 6.37. The predicted octanol–water partition coefficient (Wildman–Crippen LogP) is 5.01. The van der Waals surface area contributed by atoms with Crippen molar-refractivity contribution in [1.29, 1.82) is 0 Å². The zero-order valence-corrected chi connectivity index (χ0v) is 12.7. The Morgan fingerprint density at radius 1 is 1.05 bits per heavy atom. The highest BCUT2D eigenvalue weighted by Gasteiger charge is 2.13. The zero-order chi connectivity index (χ0) is 14.7. The Bertz CT molecular complexity index is 619. The van der Waals surface area contributed by atoms with Crippen molar-refractivity contribution in [2.75, 3.05) is 0 Å².